The summed E-state index contributed by atoms with van der Waals surface area (Å²) >= 11 is 6.41. The molecule has 0 radical (unpaired) electrons. The van der Waals surface area contributed by atoms with Gasteiger partial charge in [0.1, 0.15) is 10.9 Å². The van der Waals surface area contributed by atoms with E-state index in [1.807, 2.05) is 16.9 Å². The van der Waals surface area contributed by atoms with Crippen LogP contribution >= 0.6 is 24.0 Å². The molecular weight excluding hydrogens is 527 g/mol. The fourth-order valence-electron chi connectivity index (χ4n) is 5.39. The van der Waals surface area contributed by atoms with Crippen LogP contribution in [0.3, 0.4) is 0 Å². The predicted octanol–water partition coefficient (Wildman–Crippen LogP) is 4.41. The maximum atomic E-state index is 13.0. The molecule has 2 aliphatic heterocycles. The zero-order chi connectivity index (χ0) is 26.0. The highest BCUT2D eigenvalue weighted by atomic mass is 32.2. The lowest BCUT2D eigenvalue weighted by Gasteiger charge is -2.42. The Labute approximate surface area is 227 Å². The number of benzene rings is 2. The number of carbonyl (C=O) groups is 2. The van der Waals surface area contributed by atoms with Crippen LogP contribution in [0, 0.1) is 11.8 Å². The summed E-state index contributed by atoms with van der Waals surface area (Å²) in [5.74, 6) is 0.439. The average Bonchev–Trinajstić information content (AvgIpc) is 3.16. The molecule has 5 rings (SSSR count). The number of carbonyl (C=O) groups excluding carboxylic acids is 2. The number of thioether (sulfide) groups is 1. The molecule has 3 aliphatic rings. The van der Waals surface area contributed by atoms with Crippen LogP contribution in [0.4, 0.5) is 5.69 Å². The van der Waals surface area contributed by atoms with Crippen molar-refractivity contribution in [2.75, 3.05) is 24.5 Å². The van der Waals surface area contributed by atoms with Crippen LogP contribution < -0.4 is 9.62 Å². The molecule has 1 saturated carbocycles. The molecule has 0 unspecified atom stereocenters. The number of fused-ring (bicyclic) bond motifs is 1. The Kier molecular flexibility index (Phi) is 7.69. The number of amides is 2. The lowest BCUT2D eigenvalue weighted by molar-refractivity contribution is -0.127. The molecule has 1 N–H and O–H groups in total. The van der Waals surface area contributed by atoms with Crippen LogP contribution in [0.5, 0.6) is 0 Å². The van der Waals surface area contributed by atoms with Crippen LogP contribution in [0.15, 0.2) is 64.4 Å². The SMILES string of the molecule is O=C(CN1C(=O)C(=Cc2ccc(N3CC[C@@H]4CCCC[C@H]4C3)cc2)SC1=S)NS(=O)(=O)c1ccccc1. The molecule has 2 aromatic carbocycles. The van der Waals surface area contributed by atoms with Crippen molar-refractivity contribution < 1.29 is 18.0 Å². The van der Waals surface area contributed by atoms with Gasteiger partial charge in [-0.1, -0.05) is 73.6 Å². The maximum absolute atomic E-state index is 13.0. The molecule has 7 nitrogen and oxygen atoms in total. The van der Waals surface area contributed by atoms with Gasteiger partial charge in [0.25, 0.3) is 21.8 Å². The Morgan fingerprint density at radius 2 is 1.73 bits per heavy atom. The third kappa shape index (κ3) is 5.91. The number of hydrogen-bond donors (Lipinski definition) is 1. The van der Waals surface area contributed by atoms with Crippen molar-refractivity contribution in [3.63, 3.8) is 0 Å². The first-order valence-electron chi connectivity index (χ1n) is 12.5. The third-order valence-corrected chi connectivity index (χ3v) is 10.1. The molecule has 2 heterocycles. The van der Waals surface area contributed by atoms with Crippen molar-refractivity contribution in [3.05, 3.63) is 65.1 Å². The summed E-state index contributed by atoms with van der Waals surface area (Å²) in [5, 5.41) is 0. The predicted molar refractivity (Wildman–Crippen MR) is 150 cm³/mol. The van der Waals surface area contributed by atoms with Crippen molar-refractivity contribution in [1.82, 2.24) is 9.62 Å². The van der Waals surface area contributed by atoms with Gasteiger partial charge < -0.3 is 4.90 Å². The van der Waals surface area contributed by atoms with Gasteiger partial charge in [-0.15, -0.1) is 0 Å². The van der Waals surface area contributed by atoms with Crippen LogP contribution in [-0.4, -0.2) is 49.1 Å². The molecule has 3 fully saturated rings. The van der Waals surface area contributed by atoms with Gasteiger partial charge in [-0.25, -0.2) is 13.1 Å². The zero-order valence-electron chi connectivity index (χ0n) is 20.3. The van der Waals surface area contributed by atoms with E-state index < -0.39 is 28.4 Å². The van der Waals surface area contributed by atoms with E-state index in [2.05, 4.69) is 17.0 Å². The smallest absolute Gasteiger partial charge is 0.266 e. The minimum atomic E-state index is -4.02. The molecule has 0 spiro atoms. The van der Waals surface area contributed by atoms with Crippen LogP contribution in [0.25, 0.3) is 6.08 Å². The number of piperidine rings is 1. The Morgan fingerprint density at radius 3 is 2.46 bits per heavy atom. The number of nitrogens with one attached hydrogen (secondary N) is 1. The standard InChI is InChI=1S/C27H29N3O4S3/c31-25(28-37(33,34)23-8-2-1-3-9-23)18-30-26(32)24(36-27(30)35)16-19-10-12-22(13-11-19)29-15-14-20-6-4-5-7-21(20)17-29/h1-3,8-13,16,20-21H,4-7,14-15,17-18H2,(H,28,31)/t20-,21-/m0/s1. The van der Waals surface area contributed by atoms with Crippen molar-refractivity contribution in [2.24, 2.45) is 11.8 Å². The number of thiocarbonyl (C=S) groups is 1. The Morgan fingerprint density at radius 1 is 1.03 bits per heavy atom. The average molecular weight is 556 g/mol. The number of anilines is 1. The number of nitrogens with zero attached hydrogens (tertiary/aromatic N) is 2. The third-order valence-electron chi connectivity index (χ3n) is 7.32. The first kappa shape index (κ1) is 25.9. The summed E-state index contributed by atoms with van der Waals surface area (Å²) in [7, 11) is -4.02. The van der Waals surface area contributed by atoms with E-state index in [9.17, 15) is 18.0 Å². The van der Waals surface area contributed by atoms with Gasteiger partial charge in [0.15, 0.2) is 0 Å². The van der Waals surface area contributed by atoms with Crippen molar-refractivity contribution >= 4 is 61.9 Å². The van der Waals surface area contributed by atoms with E-state index >= 15 is 0 Å². The topological polar surface area (TPSA) is 86.8 Å². The van der Waals surface area contributed by atoms with Crippen LogP contribution in [-0.2, 0) is 19.6 Å². The van der Waals surface area contributed by atoms with Gasteiger partial charge in [0.2, 0.25) is 0 Å². The first-order chi connectivity index (χ1) is 17.8. The van der Waals surface area contributed by atoms with Gasteiger partial charge in [0, 0.05) is 18.8 Å². The van der Waals surface area contributed by atoms with E-state index in [4.69, 9.17) is 12.2 Å². The number of rotatable bonds is 6. The molecule has 194 valence electrons. The van der Waals surface area contributed by atoms with E-state index in [1.54, 1.807) is 24.3 Å². The van der Waals surface area contributed by atoms with Gasteiger partial charge in [-0.2, -0.15) is 0 Å². The fraction of sp³-hybridized carbons (Fsp3) is 0.370. The second kappa shape index (κ2) is 11.0. The zero-order valence-corrected chi connectivity index (χ0v) is 22.8. The fourth-order valence-corrected chi connectivity index (χ4v) is 7.64. The van der Waals surface area contributed by atoms with E-state index in [-0.39, 0.29) is 9.22 Å². The molecule has 10 heteroatoms. The molecule has 0 bridgehead atoms. The number of hydrogen-bond acceptors (Lipinski definition) is 7. The molecule has 2 saturated heterocycles. The lowest BCUT2D eigenvalue weighted by atomic mass is 9.75. The van der Waals surface area contributed by atoms with Gasteiger partial charge in [-0.3, -0.25) is 14.5 Å². The summed E-state index contributed by atoms with van der Waals surface area (Å²) in [5.41, 5.74) is 2.07. The van der Waals surface area contributed by atoms with Crippen molar-refractivity contribution in [3.8, 4) is 0 Å². The van der Waals surface area contributed by atoms with Gasteiger partial charge >= 0.3 is 0 Å². The highest BCUT2D eigenvalue weighted by Gasteiger charge is 2.34. The lowest BCUT2D eigenvalue weighted by Crippen LogP contribution is -2.41. The van der Waals surface area contributed by atoms with E-state index in [0.29, 0.717) is 4.91 Å². The normalized spacial score (nSPS) is 23.3. The quantitative estimate of drug-likeness (QED) is 0.417. The monoisotopic (exact) mass is 555 g/mol. The minimum absolute atomic E-state index is 0.0276. The van der Waals surface area contributed by atoms with E-state index in [1.165, 1.54) is 49.9 Å². The summed E-state index contributed by atoms with van der Waals surface area (Å²) < 4.78 is 27.0. The largest absolute Gasteiger partial charge is 0.371 e. The summed E-state index contributed by atoms with van der Waals surface area (Å²) in [6.45, 7) is 1.73. The van der Waals surface area contributed by atoms with Crippen LogP contribution in [0.1, 0.15) is 37.7 Å². The van der Waals surface area contributed by atoms with E-state index in [0.717, 1.165) is 47.2 Å². The first-order valence-corrected chi connectivity index (χ1v) is 15.2. The molecule has 0 aromatic heterocycles. The molecule has 37 heavy (non-hydrogen) atoms. The second-order valence-corrected chi connectivity index (χ2v) is 13.1. The molecular formula is C27H29N3O4S3. The Balaban J connectivity index is 1.21. The molecule has 1 aliphatic carbocycles. The summed E-state index contributed by atoms with van der Waals surface area (Å²) in [4.78, 5) is 29.4. The highest BCUT2D eigenvalue weighted by Crippen LogP contribution is 2.38. The van der Waals surface area contributed by atoms with Crippen LogP contribution in [0.2, 0.25) is 0 Å². The highest BCUT2D eigenvalue weighted by molar-refractivity contribution is 8.26. The van der Waals surface area contributed by atoms with Crippen molar-refractivity contribution in [2.45, 2.75) is 37.0 Å². The van der Waals surface area contributed by atoms with Crippen molar-refractivity contribution in [1.29, 1.82) is 0 Å². The summed E-state index contributed by atoms with van der Waals surface area (Å²) in [6.07, 6.45) is 8.44. The molecule has 2 amide bonds. The maximum Gasteiger partial charge on any atom is 0.266 e. The minimum Gasteiger partial charge on any atom is -0.371 e. The van der Waals surface area contributed by atoms with Gasteiger partial charge in [-0.05, 0) is 60.6 Å². The second-order valence-electron chi connectivity index (χ2n) is 9.74. The number of sulfonamides is 1. The van der Waals surface area contributed by atoms with Gasteiger partial charge in [0.05, 0.1) is 9.80 Å². The Bertz CT molecular complexity index is 1330. The Hall–Kier alpha value is -2.69. The summed E-state index contributed by atoms with van der Waals surface area (Å²) in [6, 6.07) is 15.8. The molecule has 2 atom stereocenters. The molecule has 2 aromatic rings.